The molecule has 1 unspecified atom stereocenters. The van der Waals surface area contributed by atoms with E-state index in [1.165, 1.54) is 11.1 Å². The molecule has 3 aliphatic rings. The van der Waals surface area contributed by atoms with E-state index in [0.29, 0.717) is 5.92 Å². The van der Waals surface area contributed by atoms with Gasteiger partial charge in [-0.05, 0) is 37.1 Å². The van der Waals surface area contributed by atoms with Crippen LogP contribution in [0.2, 0.25) is 0 Å². The summed E-state index contributed by atoms with van der Waals surface area (Å²) in [6.07, 6.45) is 2.19. The second kappa shape index (κ2) is 3.94. The molecule has 3 heterocycles. The second-order valence-electron chi connectivity index (χ2n) is 6.63. The van der Waals surface area contributed by atoms with Crippen molar-refractivity contribution in [2.45, 2.75) is 32.3 Å². The predicted molar refractivity (Wildman–Crippen MR) is 77.6 cm³/mol. The molecule has 2 bridgehead atoms. The van der Waals surface area contributed by atoms with Crippen molar-refractivity contribution in [3.63, 3.8) is 0 Å². The van der Waals surface area contributed by atoms with E-state index in [4.69, 9.17) is 0 Å². The fourth-order valence-electron chi connectivity index (χ4n) is 3.85. The van der Waals surface area contributed by atoms with Gasteiger partial charge in [0.15, 0.2) is 5.60 Å². The average molecular weight is 258 g/mol. The molecular weight excluding hydrogens is 234 g/mol. The van der Waals surface area contributed by atoms with Crippen molar-refractivity contribution in [1.29, 1.82) is 0 Å². The molecule has 0 spiro atoms. The second-order valence-corrected chi connectivity index (χ2v) is 6.63. The summed E-state index contributed by atoms with van der Waals surface area (Å²) in [5.41, 5.74) is 3.72. The summed E-state index contributed by atoms with van der Waals surface area (Å²) in [5.74, 6) is 0.335. The Morgan fingerprint density at radius 1 is 1.21 bits per heavy atom. The van der Waals surface area contributed by atoms with Crippen LogP contribution in [-0.4, -0.2) is 29.7 Å². The third-order valence-corrected chi connectivity index (χ3v) is 5.57. The van der Waals surface area contributed by atoms with Crippen LogP contribution in [0.25, 0.3) is 0 Å². The monoisotopic (exact) mass is 258 g/mol. The Morgan fingerprint density at radius 3 is 2.42 bits per heavy atom. The number of fused-ring (bicyclic) bond motifs is 3. The quantitative estimate of drug-likeness (QED) is 0.768. The van der Waals surface area contributed by atoms with Crippen molar-refractivity contribution in [2.75, 3.05) is 20.1 Å². The lowest BCUT2D eigenvalue weighted by molar-refractivity contribution is -0.896. The van der Waals surface area contributed by atoms with Gasteiger partial charge in [-0.1, -0.05) is 18.2 Å². The van der Waals surface area contributed by atoms with Gasteiger partial charge in [0, 0.05) is 18.8 Å². The highest BCUT2D eigenvalue weighted by Crippen LogP contribution is 2.51. The molecule has 102 valence electrons. The van der Waals surface area contributed by atoms with Gasteiger partial charge in [-0.3, -0.25) is 4.48 Å². The van der Waals surface area contributed by atoms with E-state index >= 15 is 0 Å². The Morgan fingerprint density at radius 2 is 1.84 bits per heavy atom. The molecule has 0 aromatic heterocycles. The standard InChI is InChI=1S/C17H24NO/c1-12-5-6-16(11-13(12)2)17(19)14(3)18(4)9-7-15(17)8-10-18/h5-6,11,15,19H,3,7-10H2,1-2,4H3/q+1. The van der Waals surface area contributed by atoms with E-state index < -0.39 is 5.60 Å². The normalized spacial score (nSPS) is 37.7. The molecule has 19 heavy (non-hydrogen) atoms. The zero-order valence-corrected chi connectivity index (χ0v) is 12.2. The van der Waals surface area contributed by atoms with Gasteiger partial charge in [0.05, 0.1) is 20.1 Å². The Kier molecular flexibility index (Phi) is 2.67. The zero-order chi connectivity index (χ0) is 13.8. The van der Waals surface area contributed by atoms with Crippen LogP contribution < -0.4 is 0 Å². The van der Waals surface area contributed by atoms with Crippen molar-refractivity contribution >= 4 is 0 Å². The molecule has 1 atom stereocenters. The topological polar surface area (TPSA) is 20.2 Å². The number of quaternary nitrogens is 1. The van der Waals surface area contributed by atoms with Gasteiger partial charge in [0.1, 0.15) is 5.70 Å². The summed E-state index contributed by atoms with van der Waals surface area (Å²) in [6.45, 7) is 10.7. The van der Waals surface area contributed by atoms with Crippen LogP contribution in [0.4, 0.5) is 0 Å². The Hall–Kier alpha value is -1.12. The van der Waals surface area contributed by atoms with E-state index in [-0.39, 0.29) is 0 Å². The number of hydrogen-bond donors (Lipinski definition) is 1. The van der Waals surface area contributed by atoms with Crippen LogP contribution in [-0.2, 0) is 5.60 Å². The number of benzene rings is 1. The lowest BCUT2D eigenvalue weighted by atomic mass is 9.68. The van der Waals surface area contributed by atoms with Crippen molar-refractivity contribution < 1.29 is 9.59 Å². The van der Waals surface area contributed by atoms with E-state index in [1.807, 2.05) is 0 Å². The lowest BCUT2D eigenvalue weighted by Crippen LogP contribution is -2.63. The molecule has 2 nitrogen and oxygen atoms in total. The Balaban J connectivity index is 2.11. The van der Waals surface area contributed by atoms with Crippen molar-refractivity contribution in [3.05, 3.63) is 47.2 Å². The number of rotatable bonds is 1. The number of nitrogens with zero attached hydrogens (tertiary/aromatic N) is 1. The minimum Gasteiger partial charge on any atom is -0.375 e. The maximum atomic E-state index is 11.4. The van der Waals surface area contributed by atoms with Gasteiger partial charge in [-0.15, -0.1) is 0 Å². The molecule has 3 aliphatic heterocycles. The van der Waals surface area contributed by atoms with Crippen LogP contribution in [0.15, 0.2) is 30.5 Å². The van der Waals surface area contributed by atoms with Crippen LogP contribution in [0, 0.1) is 19.8 Å². The van der Waals surface area contributed by atoms with Crippen molar-refractivity contribution in [1.82, 2.24) is 0 Å². The molecule has 1 N–H and O–H groups in total. The molecule has 4 rings (SSSR count). The summed E-state index contributed by atoms with van der Waals surface area (Å²) in [6, 6.07) is 6.35. The first kappa shape index (κ1) is 12.9. The highest BCUT2D eigenvalue weighted by atomic mass is 16.3. The SMILES string of the molecule is C=C1C(O)(c2ccc(C)c(C)c2)C2CC[N+]1(C)CC2. The molecule has 0 aliphatic carbocycles. The zero-order valence-electron chi connectivity index (χ0n) is 12.2. The number of aryl methyl sites for hydroxylation is 2. The van der Waals surface area contributed by atoms with Crippen LogP contribution in [0.3, 0.4) is 0 Å². The number of aliphatic hydroxyl groups is 1. The third-order valence-electron chi connectivity index (χ3n) is 5.57. The molecule has 1 aromatic rings. The summed E-state index contributed by atoms with van der Waals surface area (Å²) in [7, 11) is 2.21. The van der Waals surface area contributed by atoms with E-state index in [9.17, 15) is 5.11 Å². The number of likely N-dealkylation sites (N-methyl/N-ethyl adjacent to an activating group) is 1. The maximum absolute atomic E-state index is 11.4. The van der Waals surface area contributed by atoms with Crippen molar-refractivity contribution in [2.24, 2.45) is 5.92 Å². The van der Waals surface area contributed by atoms with Crippen LogP contribution >= 0.6 is 0 Å². The van der Waals surface area contributed by atoms with Gasteiger partial charge >= 0.3 is 0 Å². The minimum atomic E-state index is -0.830. The minimum absolute atomic E-state index is 0.335. The maximum Gasteiger partial charge on any atom is 0.166 e. The summed E-state index contributed by atoms with van der Waals surface area (Å²) in [5, 5.41) is 11.4. The van der Waals surface area contributed by atoms with Gasteiger partial charge in [0.25, 0.3) is 0 Å². The highest BCUT2D eigenvalue weighted by molar-refractivity contribution is 5.38. The first-order chi connectivity index (χ1) is 8.88. The molecule has 0 amide bonds. The smallest absolute Gasteiger partial charge is 0.166 e. The molecule has 1 aromatic carbocycles. The van der Waals surface area contributed by atoms with Crippen molar-refractivity contribution in [3.8, 4) is 0 Å². The Bertz CT molecular complexity index is 540. The molecule has 0 radical (unpaired) electrons. The first-order valence-corrected chi connectivity index (χ1v) is 7.22. The van der Waals surface area contributed by atoms with Gasteiger partial charge < -0.3 is 5.11 Å². The fourth-order valence-corrected chi connectivity index (χ4v) is 3.85. The lowest BCUT2D eigenvalue weighted by Gasteiger charge is -2.55. The average Bonchev–Trinajstić information content (AvgIpc) is 2.39. The Labute approximate surface area is 116 Å². The molecule has 3 saturated heterocycles. The van der Waals surface area contributed by atoms with E-state index in [0.717, 1.165) is 41.7 Å². The molecule has 2 heteroatoms. The summed E-state index contributed by atoms with van der Waals surface area (Å²) in [4.78, 5) is 0. The molecule has 3 fully saturated rings. The largest absolute Gasteiger partial charge is 0.375 e. The first-order valence-electron chi connectivity index (χ1n) is 7.22. The highest BCUT2D eigenvalue weighted by Gasteiger charge is 2.57. The third kappa shape index (κ3) is 1.63. The summed E-state index contributed by atoms with van der Waals surface area (Å²) >= 11 is 0. The van der Waals surface area contributed by atoms with Crippen LogP contribution in [0.5, 0.6) is 0 Å². The van der Waals surface area contributed by atoms with Gasteiger partial charge in [-0.2, -0.15) is 0 Å². The van der Waals surface area contributed by atoms with Crippen LogP contribution in [0.1, 0.15) is 29.5 Å². The predicted octanol–water partition coefficient (Wildman–Crippen LogP) is 2.87. The summed E-state index contributed by atoms with van der Waals surface area (Å²) < 4.78 is 0.833. The van der Waals surface area contributed by atoms with E-state index in [1.54, 1.807) is 0 Å². The molecular formula is C17H24NO+. The molecule has 0 saturated carbocycles. The number of hydrogen-bond acceptors (Lipinski definition) is 1. The van der Waals surface area contributed by atoms with E-state index in [2.05, 4.69) is 45.7 Å². The van der Waals surface area contributed by atoms with Gasteiger partial charge in [-0.25, -0.2) is 0 Å². The van der Waals surface area contributed by atoms with Gasteiger partial charge in [0.2, 0.25) is 0 Å². The number of piperidine rings is 3. The fraction of sp³-hybridized carbons (Fsp3) is 0.529.